The van der Waals surface area contributed by atoms with Gasteiger partial charge in [0, 0.05) is 19.0 Å². The third-order valence-electron chi connectivity index (χ3n) is 4.48. The van der Waals surface area contributed by atoms with Crippen molar-refractivity contribution in [3.8, 4) is 11.5 Å². The van der Waals surface area contributed by atoms with Gasteiger partial charge in [-0.2, -0.15) is 0 Å². The number of anilines is 1. The van der Waals surface area contributed by atoms with Gasteiger partial charge in [-0.05, 0) is 38.1 Å². The lowest BCUT2D eigenvalue weighted by Crippen LogP contribution is -2.48. The number of carbonyl (C=O) groups excluding carboxylic acids is 1. The van der Waals surface area contributed by atoms with Crippen molar-refractivity contribution >= 4 is 21.6 Å². The van der Waals surface area contributed by atoms with Crippen LogP contribution in [0.15, 0.2) is 47.4 Å². The fourth-order valence-corrected chi connectivity index (χ4v) is 4.17. The zero-order chi connectivity index (χ0) is 20.5. The van der Waals surface area contributed by atoms with E-state index in [1.165, 1.54) is 31.1 Å². The molecule has 0 radical (unpaired) electrons. The first kappa shape index (κ1) is 20.2. The SMILES string of the molecule is COc1ccccc1CNS(=O)(=O)c1ccc2c(c1)N(C(C)=O)CC(C)(C)O2. The van der Waals surface area contributed by atoms with Crippen LogP contribution in [0, 0.1) is 0 Å². The zero-order valence-electron chi connectivity index (χ0n) is 16.4. The quantitative estimate of drug-likeness (QED) is 0.828. The molecule has 1 amide bonds. The highest BCUT2D eigenvalue weighted by atomic mass is 32.2. The predicted molar refractivity (Wildman–Crippen MR) is 106 cm³/mol. The number of carbonyl (C=O) groups is 1. The minimum Gasteiger partial charge on any atom is -0.496 e. The highest BCUT2D eigenvalue weighted by Gasteiger charge is 2.34. The Morgan fingerprint density at radius 1 is 1.25 bits per heavy atom. The largest absolute Gasteiger partial charge is 0.496 e. The highest BCUT2D eigenvalue weighted by Crippen LogP contribution is 2.38. The van der Waals surface area contributed by atoms with Gasteiger partial charge >= 0.3 is 0 Å². The number of nitrogens with zero attached hydrogens (tertiary/aromatic N) is 1. The minimum absolute atomic E-state index is 0.0655. The first-order valence-corrected chi connectivity index (χ1v) is 10.3. The zero-order valence-corrected chi connectivity index (χ0v) is 17.2. The van der Waals surface area contributed by atoms with Crippen LogP contribution in [-0.2, 0) is 21.4 Å². The number of sulfonamides is 1. The summed E-state index contributed by atoms with van der Waals surface area (Å²) in [5.41, 5.74) is 0.621. The Labute approximate surface area is 165 Å². The number of benzene rings is 2. The van der Waals surface area contributed by atoms with E-state index in [1.54, 1.807) is 18.2 Å². The maximum absolute atomic E-state index is 12.8. The highest BCUT2D eigenvalue weighted by molar-refractivity contribution is 7.89. The molecule has 0 saturated heterocycles. The Balaban J connectivity index is 1.89. The molecule has 0 aliphatic carbocycles. The molecule has 3 rings (SSSR count). The molecule has 0 fully saturated rings. The van der Waals surface area contributed by atoms with Crippen LogP contribution in [0.2, 0.25) is 0 Å². The number of hydrogen-bond donors (Lipinski definition) is 1. The van der Waals surface area contributed by atoms with Crippen LogP contribution in [0.4, 0.5) is 5.69 Å². The maximum Gasteiger partial charge on any atom is 0.240 e. The van der Waals surface area contributed by atoms with Gasteiger partial charge in [0.15, 0.2) is 0 Å². The number of ether oxygens (including phenoxy) is 2. The topological polar surface area (TPSA) is 84.9 Å². The number of rotatable bonds is 5. The molecule has 0 aromatic heterocycles. The van der Waals surface area contributed by atoms with Crippen LogP contribution in [0.5, 0.6) is 11.5 Å². The summed E-state index contributed by atoms with van der Waals surface area (Å²) in [7, 11) is -2.26. The van der Waals surface area contributed by atoms with Gasteiger partial charge in [-0.1, -0.05) is 18.2 Å². The van der Waals surface area contributed by atoms with Crippen molar-refractivity contribution in [3.05, 3.63) is 48.0 Å². The van der Waals surface area contributed by atoms with Crippen LogP contribution < -0.4 is 19.1 Å². The summed E-state index contributed by atoms with van der Waals surface area (Å²) in [6, 6.07) is 11.7. The summed E-state index contributed by atoms with van der Waals surface area (Å²) in [5.74, 6) is 0.915. The fourth-order valence-electron chi connectivity index (χ4n) is 3.14. The lowest BCUT2D eigenvalue weighted by Gasteiger charge is -2.39. The summed E-state index contributed by atoms with van der Waals surface area (Å²) in [6.45, 7) is 5.64. The molecule has 8 heteroatoms. The third kappa shape index (κ3) is 4.13. The molecule has 0 unspecified atom stereocenters. The maximum atomic E-state index is 12.8. The van der Waals surface area contributed by atoms with Crippen molar-refractivity contribution in [2.45, 2.75) is 37.8 Å². The summed E-state index contributed by atoms with van der Waals surface area (Å²) in [4.78, 5) is 13.7. The van der Waals surface area contributed by atoms with E-state index in [1.807, 2.05) is 26.0 Å². The lowest BCUT2D eigenvalue weighted by molar-refractivity contribution is -0.117. The van der Waals surface area contributed by atoms with Crippen molar-refractivity contribution in [1.29, 1.82) is 0 Å². The second-order valence-electron chi connectivity index (χ2n) is 7.23. The van der Waals surface area contributed by atoms with Crippen molar-refractivity contribution < 1.29 is 22.7 Å². The summed E-state index contributed by atoms with van der Waals surface area (Å²) < 4.78 is 39.3. The van der Waals surface area contributed by atoms with Gasteiger partial charge < -0.3 is 14.4 Å². The Kier molecular flexibility index (Phi) is 5.36. The van der Waals surface area contributed by atoms with Gasteiger partial charge in [-0.15, -0.1) is 0 Å². The predicted octanol–water partition coefficient (Wildman–Crippen LogP) is 2.70. The van der Waals surface area contributed by atoms with Crippen molar-refractivity contribution in [3.63, 3.8) is 0 Å². The molecule has 0 spiro atoms. The molecule has 1 aliphatic rings. The van der Waals surface area contributed by atoms with Gasteiger partial charge in [-0.3, -0.25) is 4.79 Å². The summed E-state index contributed by atoms with van der Waals surface area (Å²) in [6.07, 6.45) is 0. The molecule has 2 aromatic carbocycles. The van der Waals surface area contributed by atoms with Crippen LogP contribution in [-0.4, -0.2) is 33.6 Å². The first-order valence-electron chi connectivity index (χ1n) is 8.86. The van der Waals surface area contributed by atoms with Crippen molar-refractivity contribution in [1.82, 2.24) is 4.72 Å². The van der Waals surface area contributed by atoms with E-state index in [0.29, 0.717) is 23.7 Å². The van der Waals surface area contributed by atoms with E-state index in [4.69, 9.17) is 9.47 Å². The minimum atomic E-state index is -3.79. The van der Waals surface area contributed by atoms with Gasteiger partial charge in [0.1, 0.15) is 17.1 Å². The van der Waals surface area contributed by atoms with Crippen molar-refractivity contribution in [2.75, 3.05) is 18.6 Å². The van der Waals surface area contributed by atoms with E-state index in [-0.39, 0.29) is 17.3 Å². The van der Waals surface area contributed by atoms with Crippen molar-refractivity contribution in [2.24, 2.45) is 0 Å². The Bertz CT molecular complexity index is 1000. The normalized spacial score (nSPS) is 15.5. The molecule has 2 aromatic rings. The van der Waals surface area contributed by atoms with E-state index in [9.17, 15) is 13.2 Å². The molecule has 150 valence electrons. The van der Waals surface area contributed by atoms with Gasteiger partial charge in [0.25, 0.3) is 0 Å². The Morgan fingerprint density at radius 3 is 2.64 bits per heavy atom. The molecule has 1 heterocycles. The van der Waals surface area contributed by atoms with Gasteiger partial charge in [0.05, 0.1) is 24.2 Å². The molecule has 1 N–H and O–H groups in total. The van der Waals surface area contributed by atoms with E-state index in [0.717, 1.165) is 5.56 Å². The molecule has 7 nitrogen and oxygen atoms in total. The average molecular weight is 404 g/mol. The number of nitrogens with one attached hydrogen (secondary N) is 1. The summed E-state index contributed by atoms with van der Waals surface area (Å²) >= 11 is 0. The second kappa shape index (κ2) is 7.44. The molecule has 28 heavy (non-hydrogen) atoms. The van der Waals surface area contributed by atoms with Crippen LogP contribution in [0.25, 0.3) is 0 Å². The Morgan fingerprint density at radius 2 is 1.96 bits per heavy atom. The van der Waals surface area contributed by atoms with E-state index < -0.39 is 15.6 Å². The van der Waals surface area contributed by atoms with Gasteiger partial charge in [-0.25, -0.2) is 13.1 Å². The second-order valence-corrected chi connectivity index (χ2v) is 9.00. The number of fused-ring (bicyclic) bond motifs is 1. The van der Waals surface area contributed by atoms with Crippen LogP contribution >= 0.6 is 0 Å². The first-order chi connectivity index (χ1) is 13.1. The van der Waals surface area contributed by atoms with Crippen LogP contribution in [0.3, 0.4) is 0 Å². The number of methoxy groups -OCH3 is 1. The molecule has 0 atom stereocenters. The molecule has 0 saturated carbocycles. The van der Waals surface area contributed by atoms with Crippen LogP contribution in [0.1, 0.15) is 26.3 Å². The average Bonchev–Trinajstić information content (AvgIpc) is 2.64. The van der Waals surface area contributed by atoms with Gasteiger partial charge in [0.2, 0.25) is 15.9 Å². The summed E-state index contributed by atoms with van der Waals surface area (Å²) in [5, 5.41) is 0. The monoisotopic (exact) mass is 404 g/mol. The molecular formula is C20H24N2O5S. The Hall–Kier alpha value is -2.58. The molecule has 0 bridgehead atoms. The fraction of sp³-hybridized carbons (Fsp3) is 0.350. The standard InChI is InChI=1S/C20H24N2O5S/c1-14(23)22-13-20(2,3)27-19-10-9-16(11-17(19)22)28(24,25)21-12-15-7-5-6-8-18(15)26-4/h5-11,21H,12-13H2,1-4H3. The smallest absolute Gasteiger partial charge is 0.240 e. The van der Waals surface area contributed by atoms with E-state index in [2.05, 4.69) is 4.72 Å². The number of amides is 1. The lowest BCUT2D eigenvalue weighted by atomic mass is 10.1. The van der Waals surface area contributed by atoms with E-state index >= 15 is 0 Å². The molecular weight excluding hydrogens is 380 g/mol. The molecule has 1 aliphatic heterocycles. The number of hydrogen-bond acceptors (Lipinski definition) is 5. The number of para-hydroxylation sites is 1. The third-order valence-corrected chi connectivity index (χ3v) is 5.88.